The first-order valence-electron chi connectivity index (χ1n) is 12.0. The fraction of sp³-hybridized carbons (Fsp3) is 0.0968. The predicted molar refractivity (Wildman–Crippen MR) is 158 cm³/mol. The molecule has 0 radical (unpaired) electrons. The van der Waals surface area contributed by atoms with Gasteiger partial charge in [-0.2, -0.15) is 5.26 Å². The third kappa shape index (κ3) is 7.93. The highest BCUT2D eigenvalue weighted by atomic mass is 35.5. The number of carbonyl (C=O) groups is 1. The number of anilines is 1. The van der Waals surface area contributed by atoms with Gasteiger partial charge in [-0.15, -0.1) is 0 Å². The van der Waals surface area contributed by atoms with Crippen molar-refractivity contribution in [3.05, 3.63) is 122 Å². The average Bonchev–Trinajstić information content (AvgIpc) is 2.96. The van der Waals surface area contributed by atoms with Crippen molar-refractivity contribution < 1.29 is 19.0 Å². The lowest BCUT2D eigenvalue weighted by atomic mass is 10.1. The molecule has 0 aliphatic heterocycles. The molecule has 40 heavy (non-hydrogen) atoms. The second-order valence-corrected chi connectivity index (χ2v) is 9.78. The summed E-state index contributed by atoms with van der Waals surface area (Å²) in [6, 6.07) is 26.5. The van der Waals surface area contributed by atoms with Gasteiger partial charge in [0, 0.05) is 26.3 Å². The van der Waals surface area contributed by atoms with Crippen molar-refractivity contribution in [2.24, 2.45) is 0 Å². The van der Waals surface area contributed by atoms with E-state index in [0.29, 0.717) is 50.2 Å². The number of ether oxygens (including phenoxy) is 3. The molecule has 0 aromatic heterocycles. The number of amides is 1. The van der Waals surface area contributed by atoms with Crippen LogP contribution in [-0.4, -0.2) is 13.0 Å². The van der Waals surface area contributed by atoms with Crippen LogP contribution in [0.25, 0.3) is 6.08 Å². The van der Waals surface area contributed by atoms with Gasteiger partial charge in [0.1, 0.15) is 30.6 Å². The van der Waals surface area contributed by atoms with Crippen LogP contribution >= 0.6 is 34.8 Å². The van der Waals surface area contributed by atoms with E-state index in [0.717, 1.165) is 11.1 Å². The van der Waals surface area contributed by atoms with Gasteiger partial charge in [0.05, 0.1) is 7.11 Å². The highest BCUT2D eigenvalue weighted by molar-refractivity contribution is 6.35. The van der Waals surface area contributed by atoms with Crippen molar-refractivity contribution in [3.63, 3.8) is 0 Å². The second-order valence-electron chi connectivity index (χ2n) is 8.50. The molecule has 0 aliphatic carbocycles. The lowest BCUT2D eigenvalue weighted by Gasteiger charge is -2.12. The van der Waals surface area contributed by atoms with E-state index in [-0.39, 0.29) is 12.2 Å². The van der Waals surface area contributed by atoms with Crippen molar-refractivity contribution in [2.75, 3.05) is 12.4 Å². The Labute approximate surface area is 247 Å². The fourth-order valence-electron chi connectivity index (χ4n) is 3.58. The summed E-state index contributed by atoms with van der Waals surface area (Å²) in [4.78, 5) is 12.8. The van der Waals surface area contributed by atoms with E-state index in [1.165, 1.54) is 13.2 Å². The van der Waals surface area contributed by atoms with Crippen LogP contribution in [0.5, 0.6) is 17.2 Å². The molecule has 0 heterocycles. The molecule has 4 aromatic carbocycles. The van der Waals surface area contributed by atoms with Crippen molar-refractivity contribution in [1.82, 2.24) is 0 Å². The van der Waals surface area contributed by atoms with Crippen LogP contribution in [-0.2, 0) is 18.0 Å². The molecule has 1 N–H and O–H groups in total. The first-order chi connectivity index (χ1) is 19.3. The summed E-state index contributed by atoms with van der Waals surface area (Å²) in [6.07, 6.45) is 1.47. The van der Waals surface area contributed by atoms with Gasteiger partial charge in [0.15, 0.2) is 11.5 Å². The van der Waals surface area contributed by atoms with Crippen LogP contribution in [0.2, 0.25) is 15.1 Å². The van der Waals surface area contributed by atoms with Gasteiger partial charge in [-0.05, 0) is 77.9 Å². The number of hydrogen-bond donors (Lipinski definition) is 1. The first kappa shape index (κ1) is 28.8. The van der Waals surface area contributed by atoms with E-state index in [1.54, 1.807) is 72.8 Å². The topological polar surface area (TPSA) is 80.6 Å². The smallest absolute Gasteiger partial charge is 0.266 e. The number of rotatable bonds is 10. The Hall–Kier alpha value is -4.15. The maximum absolute atomic E-state index is 12.8. The molecule has 6 nitrogen and oxygen atoms in total. The number of benzene rings is 4. The van der Waals surface area contributed by atoms with E-state index in [4.69, 9.17) is 49.0 Å². The molecular weight excluding hydrogens is 571 g/mol. The molecule has 202 valence electrons. The third-order valence-electron chi connectivity index (χ3n) is 5.69. The standard InChI is InChI=1S/C31H23Cl3N2O4/c1-38-30-15-21(4-13-29(30)40-19-22-5-8-25(33)16-28(22)34)14-23(17-35)31(37)36-26-9-11-27(12-10-26)39-18-20-2-6-24(32)7-3-20/h2-16H,18-19H2,1H3,(H,36,37)/b23-14+. The van der Waals surface area contributed by atoms with Crippen molar-refractivity contribution >= 4 is 52.5 Å². The van der Waals surface area contributed by atoms with E-state index < -0.39 is 5.91 Å². The summed E-state index contributed by atoms with van der Waals surface area (Å²) in [5, 5.41) is 14.1. The van der Waals surface area contributed by atoms with Crippen LogP contribution in [0.15, 0.2) is 90.5 Å². The Morgan fingerprint density at radius 2 is 1.57 bits per heavy atom. The molecule has 0 aliphatic rings. The van der Waals surface area contributed by atoms with E-state index in [1.807, 2.05) is 18.2 Å². The average molecular weight is 594 g/mol. The Morgan fingerprint density at radius 1 is 0.850 bits per heavy atom. The second kappa shape index (κ2) is 13.8. The Morgan fingerprint density at radius 3 is 2.25 bits per heavy atom. The van der Waals surface area contributed by atoms with Gasteiger partial charge in [-0.3, -0.25) is 4.79 Å². The zero-order chi connectivity index (χ0) is 28.5. The van der Waals surface area contributed by atoms with Crippen LogP contribution in [0.4, 0.5) is 5.69 Å². The van der Waals surface area contributed by atoms with E-state index >= 15 is 0 Å². The number of nitrogens with one attached hydrogen (secondary N) is 1. The Balaban J connectivity index is 1.38. The predicted octanol–water partition coefficient (Wildman–Crippen LogP) is 8.36. The molecular formula is C31H23Cl3N2O4. The number of carbonyl (C=O) groups excluding carboxylic acids is 1. The molecule has 0 fully saturated rings. The monoisotopic (exact) mass is 592 g/mol. The minimum Gasteiger partial charge on any atom is -0.493 e. The Bertz CT molecular complexity index is 1560. The van der Waals surface area contributed by atoms with Gasteiger partial charge in [0.25, 0.3) is 5.91 Å². The molecule has 0 atom stereocenters. The summed E-state index contributed by atoms with van der Waals surface area (Å²) < 4.78 is 17.1. The first-order valence-corrected chi connectivity index (χ1v) is 13.1. The number of halogens is 3. The Kier molecular flexibility index (Phi) is 9.93. The molecule has 4 rings (SSSR count). The van der Waals surface area contributed by atoms with Gasteiger partial charge >= 0.3 is 0 Å². The molecule has 0 saturated carbocycles. The van der Waals surface area contributed by atoms with Crippen molar-refractivity contribution in [3.8, 4) is 23.3 Å². The molecule has 4 aromatic rings. The summed E-state index contributed by atoms with van der Waals surface area (Å²) in [5.74, 6) is 1.00. The molecule has 0 unspecified atom stereocenters. The number of methoxy groups -OCH3 is 1. The lowest BCUT2D eigenvalue weighted by molar-refractivity contribution is -0.112. The summed E-state index contributed by atoms with van der Waals surface area (Å²) in [7, 11) is 1.51. The number of nitriles is 1. The third-order valence-corrected chi connectivity index (χ3v) is 6.53. The van der Waals surface area contributed by atoms with Crippen LogP contribution < -0.4 is 19.5 Å². The molecule has 0 spiro atoms. The fourth-order valence-corrected chi connectivity index (χ4v) is 4.17. The van der Waals surface area contributed by atoms with Crippen LogP contribution in [0, 0.1) is 11.3 Å². The summed E-state index contributed by atoms with van der Waals surface area (Å²) in [5.41, 5.74) is 2.78. The van der Waals surface area contributed by atoms with Crippen molar-refractivity contribution in [1.29, 1.82) is 5.26 Å². The van der Waals surface area contributed by atoms with Crippen LogP contribution in [0.3, 0.4) is 0 Å². The molecule has 0 bridgehead atoms. The van der Waals surface area contributed by atoms with Crippen LogP contribution in [0.1, 0.15) is 16.7 Å². The maximum Gasteiger partial charge on any atom is 0.266 e. The van der Waals surface area contributed by atoms with Gasteiger partial charge in [-0.1, -0.05) is 59.1 Å². The molecule has 1 amide bonds. The van der Waals surface area contributed by atoms with Gasteiger partial charge in [-0.25, -0.2) is 0 Å². The maximum atomic E-state index is 12.8. The minimum atomic E-state index is -0.547. The summed E-state index contributed by atoms with van der Waals surface area (Å²) in [6.45, 7) is 0.588. The van der Waals surface area contributed by atoms with Gasteiger partial charge < -0.3 is 19.5 Å². The number of nitrogens with zero attached hydrogens (tertiary/aromatic N) is 1. The van der Waals surface area contributed by atoms with E-state index in [2.05, 4.69) is 5.32 Å². The van der Waals surface area contributed by atoms with Gasteiger partial charge in [0.2, 0.25) is 0 Å². The largest absolute Gasteiger partial charge is 0.493 e. The zero-order valence-electron chi connectivity index (χ0n) is 21.3. The lowest BCUT2D eigenvalue weighted by Crippen LogP contribution is -2.13. The molecule has 0 saturated heterocycles. The normalized spacial score (nSPS) is 10.9. The highest BCUT2D eigenvalue weighted by Gasteiger charge is 2.12. The number of hydrogen-bond acceptors (Lipinski definition) is 5. The zero-order valence-corrected chi connectivity index (χ0v) is 23.6. The summed E-state index contributed by atoms with van der Waals surface area (Å²) >= 11 is 18.1. The van der Waals surface area contributed by atoms with E-state index in [9.17, 15) is 10.1 Å². The quantitative estimate of drug-likeness (QED) is 0.148. The van der Waals surface area contributed by atoms with Crippen molar-refractivity contribution in [2.45, 2.75) is 13.2 Å². The minimum absolute atomic E-state index is 0.0771. The SMILES string of the molecule is COc1cc(/C=C(\C#N)C(=O)Nc2ccc(OCc3ccc(Cl)cc3)cc2)ccc1OCc1ccc(Cl)cc1Cl. The molecule has 9 heteroatoms. The highest BCUT2D eigenvalue weighted by Crippen LogP contribution is 2.31.